The molecule has 6 atom stereocenters. The van der Waals surface area contributed by atoms with E-state index in [1.54, 1.807) is 30.6 Å². The molecule has 0 aromatic heterocycles. The Balaban J connectivity index is 1.57. The van der Waals surface area contributed by atoms with Crippen molar-refractivity contribution in [3.63, 3.8) is 0 Å². The molecule has 4 rings (SSSR count). The summed E-state index contributed by atoms with van der Waals surface area (Å²) in [5, 5.41) is 8.80. The van der Waals surface area contributed by atoms with Crippen molar-refractivity contribution in [2.75, 3.05) is 26.1 Å². The molecule has 0 unspecified atom stereocenters. The molecule has 10 heteroatoms. The van der Waals surface area contributed by atoms with Gasteiger partial charge < -0.3 is 25.6 Å². The second-order valence-corrected chi connectivity index (χ2v) is 11.8. The fourth-order valence-corrected chi connectivity index (χ4v) is 7.17. The van der Waals surface area contributed by atoms with Crippen LogP contribution in [0.4, 0.5) is 4.39 Å². The third-order valence-electron chi connectivity index (χ3n) is 7.58. The maximum absolute atomic E-state index is 13.9. The Hall–Kier alpha value is -2.17. The van der Waals surface area contributed by atoms with E-state index in [1.165, 1.54) is 0 Å². The van der Waals surface area contributed by atoms with E-state index in [9.17, 15) is 18.8 Å². The minimum absolute atomic E-state index is 0.0321. The number of nitrogens with zero attached hydrogens (tertiary/aromatic N) is 1. The summed E-state index contributed by atoms with van der Waals surface area (Å²) in [6, 6.07) is 5.59. The van der Waals surface area contributed by atoms with Gasteiger partial charge in [-0.3, -0.25) is 14.4 Å². The Morgan fingerprint density at radius 3 is 2.75 bits per heavy atom. The summed E-state index contributed by atoms with van der Waals surface area (Å²) in [5.74, 6) is 0.00640. The third-order valence-corrected chi connectivity index (χ3v) is 8.83. The van der Waals surface area contributed by atoms with Crippen LogP contribution in [0.3, 0.4) is 0 Å². The molecule has 8 nitrogen and oxygen atoms in total. The van der Waals surface area contributed by atoms with E-state index in [-0.39, 0.29) is 35.8 Å². The number of hydrogen-bond donors (Lipinski definition) is 3. The number of ether oxygens (including phenoxy) is 1. The van der Waals surface area contributed by atoms with Crippen molar-refractivity contribution in [1.82, 2.24) is 20.9 Å². The number of alkyl halides is 1. The lowest BCUT2D eigenvalue weighted by atomic mass is 9.83. The van der Waals surface area contributed by atoms with E-state index in [0.717, 1.165) is 11.1 Å². The number of likely N-dealkylation sites (N-methyl/N-ethyl adjacent to an activating group) is 1. The smallest absolute Gasteiger partial charge is 0.246 e. The Labute approximate surface area is 216 Å². The van der Waals surface area contributed by atoms with Crippen LogP contribution in [-0.4, -0.2) is 78.3 Å². The molecule has 3 aliphatic rings. The normalized spacial score (nSPS) is 29.8. The van der Waals surface area contributed by atoms with Crippen molar-refractivity contribution >= 4 is 29.5 Å². The molecule has 2 saturated heterocycles. The fraction of sp³-hybridized carbons (Fsp3) is 0.654. The summed E-state index contributed by atoms with van der Waals surface area (Å²) >= 11 is 1.66. The highest BCUT2D eigenvalue weighted by atomic mass is 32.2. The number of amides is 3. The molecular formula is C26H37FN4O4S. The Morgan fingerprint density at radius 2 is 2.03 bits per heavy atom. The van der Waals surface area contributed by atoms with Gasteiger partial charge in [-0.25, -0.2) is 4.39 Å². The predicted octanol–water partition coefficient (Wildman–Crippen LogP) is 1.94. The summed E-state index contributed by atoms with van der Waals surface area (Å²) in [6.07, 6.45) is 1.42. The first kappa shape index (κ1) is 26.9. The highest BCUT2D eigenvalue weighted by Gasteiger charge is 2.55. The third kappa shape index (κ3) is 5.26. The zero-order valence-electron chi connectivity index (χ0n) is 21.4. The first-order chi connectivity index (χ1) is 17.2. The number of nitrogens with one attached hydrogen (secondary N) is 3. The largest absolute Gasteiger partial charge is 0.373 e. The van der Waals surface area contributed by atoms with Crippen LogP contribution in [0.25, 0.3) is 0 Å². The average molecular weight is 521 g/mol. The maximum Gasteiger partial charge on any atom is 0.246 e. The molecule has 2 heterocycles. The average Bonchev–Trinajstić information content (AvgIpc) is 3.28. The van der Waals surface area contributed by atoms with Crippen LogP contribution >= 0.6 is 11.8 Å². The number of rotatable bonds is 8. The van der Waals surface area contributed by atoms with Crippen molar-refractivity contribution in [2.45, 2.75) is 75.7 Å². The Morgan fingerprint density at radius 1 is 1.28 bits per heavy atom. The lowest BCUT2D eigenvalue weighted by Gasteiger charge is -2.35. The van der Waals surface area contributed by atoms with Crippen LogP contribution in [0.5, 0.6) is 0 Å². The lowest BCUT2D eigenvalue weighted by molar-refractivity contribution is -0.144. The van der Waals surface area contributed by atoms with E-state index in [2.05, 4.69) is 16.0 Å². The Kier molecular flexibility index (Phi) is 8.26. The quantitative estimate of drug-likeness (QED) is 0.485. The van der Waals surface area contributed by atoms with Crippen molar-refractivity contribution in [3.8, 4) is 0 Å². The van der Waals surface area contributed by atoms with Crippen molar-refractivity contribution < 1.29 is 23.5 Å². The van der Waals surface area contributed by atoms with Crippen molar-refractivity contribution in [2.24, 2.45) is 5.41 Å². The second kappa shape index (κ2) is 11.1. The molecule has 3 amide bonds. The van der Waals surface area contributed by atoms with Crippen LogP contribution in [-0.2, 0) is 25.5 Å². The topological polar surface area (TPSA) is 99.8 Å². The number of fused-ring (bicyclic) bond motifs is 2. The van der Waals surface area contributed by atoms with Gasteiger partial charge in [-0.2, -0.15) is 0 Å². The van der Waals surface area contributed by atoms with E-state index in [1.807, 2.05) is 38.1 Å². The zero-order chi connectivity index (χ0) is 26.0. The summed E-state index contributed by atoms with van der Waals surface area (Å²) in [6.45, 7) is 5.13. The highest BCUT2D eigenvalue weighted by molar-refractivity contribution is 7.99. The van der Waals surface area contributed by atoms with Crippen molar-refractivity contribution in [1.29, 1.82) is 0 Å². The lowest BCUT2D eigenvalue weighted by Crippen LogP contribution is -2.58. The minimum atomic E-state index is -0.698. The van der Waals surface area contributed by atoms with Gasteiger partial charge in [0.25, 0.3) is 0 Å². The molecule has 36 heavy (non-hydrogen) atoms. The molecule has 1 aliphatic carbocycles. The monoisotopic (exact) mass is 520 g/mol. The van der Waals surface area contributed by atoms with Crippen LogP contribution in [0, 0.1) is 5.41 Å². The molecule has 1 aromatic carbocycles. The number of carbonyl (C=O) groups excluding carboxylic acids is 3. The molecular weight excluding hydrogens is 483 g/mol. The van der Waals surface area contributed by atoms with Crippen LogP contribution in [0.2, 0.25) is 0 Å². The molecule has 198 valence electrons. The van der Waals surface area contributed by atoms with E-state index < -0.39 is 36.3 Å². The van der Waals surface area contributed by atoms with Gasteiger partial charge in [0.2, 0.25) is 17.7 Å². The van der Waals surface area contributed by atoms with E-state index in [0.29, 0.717) is 25.0 Å². The predicted molar refractivity (Wildman–Crippen MR) is 137 cm³/mol. The number of carbonyl (C=O) groups is 3. The van der Waals surface area contributed by atoms with E-state index >= 15 is 0 Å². The molecule has 3 N–H and O–H groups in total. The van der Waals surface area contributed by atoms with Gasteiger partial charge in [0, 0.05) is 6.42 Å². The van der Waals surface area contributed by atoms with Crippen LogP contribution in [0.1, 0.15) is 50.8 Å². The van der Waals surface area contributed by atoms with Gasteiger partial charge in [0.1, 0.15) is 18.8 Å². The summed E-state index contributed by atoms with van der Waals surface area (Å²) in [7, 11) is 1.69. The molecule has 2 aliphatic heterocycles. The van der Waals surface area contributed by atoms with Gasteiger partial charge in [-0.1, -0.05) is 38.1 Å². The molecule has 1 aromatic rings. The summed E-state index contributed by atoms with van der Waals surface area (Å²) in [5.41, 5.74) is 1.57. The summed E-state index contributed by atoms with van der Waals surface area (Å²) in [4.78, 5) is 41.9. The standard InChI is InChI=1S/C26H37FN4O4S/c1-15(28-4)23(32)29-18-9-12-36-20-14-26(2,3)22(31(20)25(18)34)24(33)30-21-17-8-6-5-7-16(17)13-19(21)35-11-10-27/h5-8,15,18-22,28H,9-14H2,1-4H3,(H,29,32)(H,30,33)/t15-,18-,19+,20-,21-,22+/m0/s1. The molecule has 0 spiro atoms. The van der Waals surface area contributed by atoms with E-state index in [4.69, 9.17) is 4.74 Å². The first-order valence-corrected chi connectivity index (χ1v) is 13.7. The molecule has 0 saturated carbocycles. The second-order valence-electron chi connectivity index (χ2n) is 10.5. The van der Waals surface area contributed by atoms with Gasteiger partial charge in [0.05, 0.1) is 30.2 Å². The molecule has 0 bridgehead atoms. The van der Waals surface area contributed by atoms with Crippen LogP contribution in [0.15, 0.2) is 24.3 Å². The van der Waals surface area contributed by atoms with Gasteiger partial charge in [-0.15, -0.1) is 11.8 Å². The minimum Gasteiger partial charge on any atom is -0.373 e. The molecule has 2 fully saturated rings. The maximum atomic E-state index is 13.9. The molecule has 0 radical (unpaired) electrons. The van der Waals surface area contributed by atoms with Crippen LogP contribution < -0.4 is 16.0 Å². The summed E-state index contributed by atoms with van der Waals surface area (Å²) < 4.78 is 18.7. The zero-order valence-corrected chi connectivity index (χ0v) is 22.2. The van der Waals surface area contributed by atoms with Gasteiger partial charge in [-0.05, 0) is 49.1 Å². The fourth-order valence-electron chi connectivity index (χ4n) is 5.59. The first-order valence-electron chi connectivity index (χ1n) is 12.6. The number of hydrogen-bond acceptors (Lipinski definition) is 6. The number of benzene rings is 1. The highest BCUT2D eigenvalue weighted by Crippen LogP contribution is 2.46. The van der Waals surface area contributed by atoms with Crippen molar-refractivity contribution in [3.05, 3.63) is 35.4 Å². The van der Waals surface area contributed by atoms with Gasteiger partial charge >= 0.3 is 0 Å². The SMILES string of the molecule is CN[C@@H](C)C(=O)N[C@H]1CCS[C@H]2CC(C)(C)[C@@H](C(=O)N[C@H]3c4ccccc4C[C@H]3OCCF)N2C1=O. The Bertz CT molecular complexity index is 992. The van der Waals surface area contributed by atoms with Gasteiger partial charge in [0.15, 0.2) is 0 Å². The number of halogens is 1. The number of thioether (sulfide) groups is 1.